The quantitative estimate of drug-likeness (QED) is 0.440. The van der Waals surface area contributed by atoms with Crippen LogP contribution < -0.4 is 0 Å². The van der Waals surface area contributed by atoms with Gasteiger partial charge in [0.05, 0.1) is 6.04 Å². The number of nitrogens with zero attached hydrogens (tertiary/aromatic N) is 3. The van der Waals surface area contributed by atoms with Crippen molar-refractivity contribution >= 4 is 5.91 Å². The van der Waals surface area contributed by atoms with E-state index in [0.29, 0.717) is 18.2 Å². The van der Waals surface area contributed by atoms with Gasteiger partial charge in [-0.3, -0.25) is 14.6 Å². The minimum absolute atomic E-state index is 0.00687. The second-order valence-electron chi connectivity index (χ2n) is 9.91. The average Bonchev–Trinajstić information content (AvgIpc) is 2.87. The summed E-state index contributed by atoms with van der Waals surface area (Å²) >= 11 is 0. The molecule has 0 aromatic heterocycles. The van der Waals surface area contributed by atoms with Crippen LogP contribution in [0.15, 0.2) is 91.5 Å². The molecule has 1 aliphatic heterocycles. The first kappa shape index (κ1) is 25.7. The fourth-order valence-corrected chi connectivity index (χ4v) is 5.27. The first-order chi connectivity index (χ1) is 17.4. The predicted octanol–water partition coefficient (Wildman–Crippen LogP) is 5.33. The lowest BCUT2D eigenvalue weighted by atomic mass is 9.92. The van der Waals surface area contributed by atoms with Crippen LogP contribution in [0.4, 0.5) is 0 Å². The van der Waals surface area contributed by atoms with Gasteiger partial charge in [0, 0.05) is 50.9 Å². The zero-order valence-electron chi connectivity index (χ0n) is 21.5. The zero-order valence-corrected chi connectivity index (χ0v) is 21.5. The molecule has 1 amide bonds. The van der Waals surface area contributed by atoms with Gasteiger partial charge in [-0.05, 0) is 54.8 Å². The molecule has 0 spiro atoms. The predicted molar refractivity (Wildman–Crippen MR) is 146 cm³/mol. The van der Waals surface area contributed by atoms with Crippen LogP contribution in [0.5, 0.6) is 5.75 Å². The highest BCUT2D eigenvalue weighted by Crippen LogP contribution is 2.35. The summed E-state index contributed by atoms with van der Waals surface area (Å²) in [7, 11) is 1.84. The van der Waals surface area contributed by atoms with Gasteiger partial charge in [-0.1, -0.05) is 60.7 Å². The fraction of sp³-hybridized carbons (Fsp3) is 0.323. The number of hydrogen-bond acceptors (Lipinski definition) is 4. The number of rotatable bonds is 8. The molecule has 0 unspecified atom stereocenters. The van der Waals surface area contributed by atoms with Crippen LogP contribution in [-0.2, 0) is 6.54 Å². The maximum absolute atomic E-state index is 13.4. The number of aromatic hydroxyl groups is 1. The fourth-order valence-electron chi connectivity index (χ4n) is 5.27. The number of carbonyl (C=O) groups is 1. The highest BCUT2D eigenvalue weighted by atomic mass is 16.3. The van der Waals surface area contributed by atoms with Crippen LogP contribution in [0.25, 0.3) is 0 Å². The molecule has 1 heterocycles. The van der Waals surface area contributed by atoms with E-state index in [-0.39, 0.29) is 23.7 Å². The normalized spacial score (nSPS) is 19.5. The van der Waals surface area contributed by atoms with Gasteiger partial charge in [-0.25, -0.2) is 0 Å². The number of amides is 1. The Morgan fingerprint density at radius 1 is 1.00 bits per heavy atom. The Hall–Kier alpha value is -3.41. The van der Waals surface area contributed by atoms with Gasteiger partial charge in [0.25, 0.3) is 5.91 Å². The van der Waals surface area contributed by atoms with Gasteiger partial charge < -0.3 is 10.0 Å². The minimum atomic E-state index is -0.0763. The minimum Gasteiger partial charge on any atom is -0.508 e. The number of benzene rings is 3. The van der Waals surface area contributed by atoms with E-state index in [9.17, 15) is 9.90 Å². The summed E-state index contributed by atoms with van der Waals surface area (Å²) in [5, 5.41) is 10.3. The number of piperazine rings is 1. The van der Waals surface area contributed by atoms with E-state index in [0.717, 1.165) is 36.3 Å². The molecule has 1 aliphatic rings. The van der Waals surface area contributed by atoms with Crippen LogP contribution in [-0.4, -0.2) is 64.5 Å². The Kier molecular flexibility index (Phi) is 8.24. The highest BCUT2D eigenvalue weighted by molar-refractivity contribution is 5.94. The van der Waals surface area contributed by atoms with Crippen molar-refractivity contribution in [2.45, 2.75) is 38.5 Å². The molecule has 4 rings (SSSR count). The van der Waals surface area contributed by atoms with Crippen molar-refractivity contribution in [3.05, 3.63) is 114 Å². The molecule has 0 radical (unpaired) electrons. The lowest BCUT2D eigenvalue weighted by molar-refractivity contribution is 0.0306. The lowest BCUT2D eigenvalue weighted by Crippen LogP contribution is -2.57. The van der Waals surface area contributed by atoms with Crippen molar-refractivity contribution in [1.29, 1.82) is 0 Å². The summed E-state index contributed by atoms with van der Waals surface area (Å²) in [5.41, 5.74) is 3.84. The highest BCUT2D eigenvalue weighted by Gasteiger charge is 2.34. The van der Waals surface area contributed by atoms with E-state index in [1.54, 1.807) is 11.0 Å². The van der Waals surface area contributed by atoms with Crippen LogP contribution in [0.1, 0.15) is 46.9 Å². The van der Waals surface area contributed by atoms with Crippen molar-refractivity contribution in [2.24, 2.45) is 0 Å². The third kappa shape index (κ3) is 5.86. The molecule has 188 valence electrons. The molecule has 1 fully saturated rings. The summed E-state index contributed by atoms with van der Waals surface area (Å²) in [4.78, 5) is 20.1. The first-order valence-electron chi connectivity index (χ1n) is 12.7. The van der Waals surface area contributed by atoms with Gasteiger partial charge in [0.2, 0.25) is 0 Å². The second-order valence-corrected chi connectivity index (χ2v) is 9.91. The Morgan fingerprint density at radius 3 is 2.39 bits per heavy atom. The first-order valence-corrected chi connectivity index (χ1v) is 12.7. The van der Waals surface area contributed by atoms with E-state index in [1.807, 2.05) is 73.8 Å². The number of phenols is 1. The number of carbonyl (C=O) groups excluding carboxylic acids is 1. The van der Waals surface area contributed by atoms with E-state index in [2.05, 4.69) is 42.4 Å². The second kappa shape index (κ2) is 11.5. The molecule has 1 N–H and O–H groups in total. The molecule has 0 saturated carbocycles. The third-order valence-corrected chi connectivity index (χ3v) is 7.10. The largest absolute Gasteiger partial charge is 0.508 e. The van der Waals surface area contributed by atoms with Crippen molar-refractivity contribution < 1.29 is 9.90 Å². The molecule has 0 bridgehead atoms. The van der Waals surface area contributed by atoms with Crippen molar-refractivity contribution in [2.75, 3.05) is 26.7 Å². The van der Waals surface area contributed by atoms with Crippen molar-refractivity contribution in [3.63, 3.8) is 0 Å². The number of hydrogen-bond donors (Lipinski definition) is 1. The van der Waals surface area contributed by atoms with Gasteiger partial charge in [0.15, 0.2) is 0 Å². The zero-order chi connectivity index (χ0) is 25.7. The van der Waals surface area contributed by atoms with Crippen LogP contribution in [0.3, 0.4) is 0 Å². The molecule has 5 heteroatoms. The van der Waals surface area contributed by atoms with E-state index < -0.39 is 0 Å². The molecule has 36 heavy (non-hydrogen) atoms. The topological polar surface area (TPSA) is 47.0 Å². The van der Waals surface area contributed by atoms with Crippen LogP contribution in [0, 0.1) is 0 Å². The van der Waals surface area contributed by atoms with Gasteiger partial charge >= 0.3 is 0 Å². The molecule has 3 aromatic rings. The smallest absolute Gasteiger partial charge is 0.253 e. The van der Waals surface area contributed by atoms with Gasteiger partial charge in [-0.15, -0.1) is 6.58 Å². The van der Waals surface area contributed by atoms with Gasteiger partial charge in [0.1, 0.15) is 5.75 Å². The van der Waals surface area contributed by atoms with Crippen LogP contribution >= 0.6 is 0 Å². The van der Waals surface area contributed by atoms with E-state index in [4.69, 9.17) is 0 Å². The lowest BCUT2D eigenvalue weighted by Gasteiger charge is -2.47. The standard InChI is InChI=1S/C31H37N3O2/c1-5-17-33-20-24(3)34(21-23(33)2)30(27-14-10-16-29(35)19-27)26-13-9-15-28(18-26)31(36)32(4)22-25-11-7-6-8-12-25/h5-16,18-19,23-24,30,35H,1,17,20-22H2,2-4H3/t23-,24-,30-/m1/s1. The maximum Gasteiger partial charge on any atom is 0.253 e. The Morgan fingerprint density at radius 2 is 1.69 bits per heavy atom. The molecule has 3 atom stereocenters. The Bertz CT molecular complexity index is 1180. The summed E-state index contributed by atoms with van der Waals surface area (Å²) < 4.78 is 0. The Balaban J connectivity index is 1.66. The van der Waals surface area contributed by atoms with Crippen LogP contribution in [0.2, 0.25) is 0 Å². The molecular formula is C31H37N3O2. The molecule has 5 nitrogen and oxygen atoms in total. The van der Waals surface area contributed by atoms with Crippen molar-refractivity contribution in [1.82, 2.24) is 14.7 Å². The molecule has 3 aromatic carbocycles. The molecule has 0 aliphatic carbocycles. The Labute approximate surface area is 215 Å². The third-order valence-electron chi connectivity index (χ3n) is 7.10. The number of phenolic OH excluding ortho intramolecular Hbond substituents is 1. The molecule has 1 saturated heterocycles. The summed E-state index contributed by atoms with van der Waals surface area (Å²) in [6.45, 7) is 11.7. The summed E-state index contributed by atoms with van der Waals surface area (Å²) in [6, 6.07) is 26.1. The average molecular weight is 484 g/mol. The maximum atomic E-state index is 13.4. The monoisotopic (exact) mass is 483 g/mol. The summed E-state index contributed by atoms with van der Waals surface area (Å²) in [5.74, 6) is 0.242. The van der Waals surface area contributed by atoms with E-state index >= 15 is 0 Å². The van der Waals surface area contributed by atoms with E-state index in [1.165, 1.54) is 0 Å². The molecular weight excluding hydrogens is 446 g/mol. The summed E-state index contributed by atoms with van der Waals surface area (Å²) in [6.07, 6.45) is 1.96. The van der Waals surface area contributed by atoms with Crippen molar-refractivity contribution in [3.8, 4) is 5.75 Å². The van der Waals surface area contributed by atoms with Gasteiger partial charge in [-0.2, -0.15) is 0 Å². The SMILES string of the molecule is C=CCN1C[C@@H](C)N([C@@H](c2cccc(O)c2)c2cccc(C(=O)N(C)Cc3ccccc3)c2)C[C@H]1C.